The largest absolute Gasteiger partial charge is 0.245 e. The molecule has 0 aliphatic rings. The maximum atomic E-state index is 4.16. The maximum absolute atomic E-state index is 4.16. The van der Waals surface area contributed by atoms with Crippen LogP contribution in [0.5, 0.6) is 0 Å². The molecule has 3 heteroatoms. The molecule has 0 amide bonds. The van der Waals surface area contributed by atoms with Crippen molar-refractivity contribution < 1.29 is 0 Å². The second-order valence-corrected chi connectivity index (χ2v) is 4.25. The fraction of sp³-hybridized carbons (Fsp3) is 0.167. The standard InChI is InChI=1S/C12H12N2S/c1-2-4-11(5-3-1)7-9-15-12-6-8-13-10-14-12/h1-6,8,10H,7,9H2. The molecule has 15 heavy (non-hydrogen) atoms. The van der Waals surface area contributed by atoms with Crippen molar-refractivity contribution in [3.8, 4) is 0 Å². The topological polar surface area (TPSA) is 25.8 Å². The number of nitrogens with zero attached hydrogens (tertiary/aromatic N) is 2. The molecule has 0 aliphatic carbocycles. The first-order chi connectivity index (χ1) is 7.45. The second-order valence-electron chi connectivity index (χ2n) is 3.13. The van der Waals surface area contributed by atoms with E-state index < -0.39 is 0 Å². The monoisotopic (exact) mass is 216 g/mol. The van der Waals surface area contributed by atoms with E-state index in [4.69, 9.17) is 0 Å². The molecule has 0 atom stereocenters. The zero-order valence-electron chi connectivity index (χ0n) is 8.34. The van der Waals surface area contributed by atoms with Gasteiger partial charge in [-0.2, -0.15) is 0 Å². The third kappa shape index (κ3) is 3.36. The number of hydrogen-bond acceptors (Lipinski definition) is 3. The molecule has 1 heterocycles. The normalized spacial score (nSPS) is 10.1. The fourth-order valence-electron chi connectivity index (χ4n) is 1.28. The van der Waals surface area contributed by atoms with Crippen LogP contribution in [-0.2, 0) is 6.42 Å². The summed E-state index contributed by atoms with van der Waals surface area (Å²) in [6.45, 7) is 0. The van der Waals surface area contributed by atoms with Gasteiger partial charge in [-0.15, -0.1) is 11.8 Å². The summed E-state index contributed by atoms with van der Waals surface area (Å²) in [7, 11) is 0. The summed E-state index contributed by atoms with van der Waals surface area (Å²) >= 11 is 1.76. The first kappa shape index (κ1) is 10.2. The van der Waals surface area contributed by atoms with Crippen LogP contribution in [-0.4, -0.2) is 15.7 Å². The Morgan fingerprint density at radius 3 is 2.67 bits per heavy atom. The quantitative estimate of drug-likeness (QED) is 0.580. The summed E-state index contributed by atoms with van der Waals surface area (Å²) in [6.07, 6.45) is 4.44. The molecule has 0 fully saturated rings. The van der Waals surface area contributed by atoms with Gasteiger partial charge in [0.1, 0.15) is 6.33 Å². The molecule has 0 bridgehead atoms. The van der Waals surface area contributed by atoms with Gasteiger partial charge in [-0.3, -0.25) is 0 Å². The van der Waals surface area contributed by atoms with E-state index in [0.29, 0.717) is 0 Å². The lowest BCUT2D eigenvalue weighted by Gasteiger charge is -2.00. The van der Waals surface area contributed by atoms with Crippen molar-refractivity contribution >= 4 is 11.8 Å². The molecule has 0 saturated carbocycles. The van der Waals surface area contributed by atoms with Crippen LogP contribution in [0, 0.1) is 0 Å². The minimum atomic E-state index is 1.04. The molecule has 0 spiro atoms. The molecule has 1 aromatic carbocycles. The lowest BCUT2D eigenvalue weighted by Crippen LogP contribution is -1.89. The Bertz CT molecular complexity index is 349. The number of hydrogen-bond donors (Lipinski definition) is 0. The molecule has 0 N–H and O–H groups in total. The van der Waals surface area contributed by atoms with Gasteiger partial charge >= 0.3 is 0 Å². The third-order valence-corrected chi connectivity index (χ3v) is 2.98. The Hall–Kier alpha value is -1.35. The van der Waals surface area contributed by atoms with Gasteiger partial charge in [-0.1, -0.05) is 30.3 Å². The Balaban J connectivity index is 1.81. The first-order valence-corrected chi connectivity index (χ1v) is 5.86. The van der Waals surface area contributed by atoms with E-state index in [1.54, 1.807) is 24.3 Å². The van der Waals surface area contributed by atoms with E-state index in [1.165, 1.54) is 5.56 Å². The number of aryl methyl sites for hydroxylation is 1. The van der Waals surface area contributed by atoms with Crippen LogP contribution in [0.4, 0.5) is 0 Å². The molecule has 0 radical (unpaired) electrons. The lowest BCUT2D eigenvalue weighted by atomic mass is 10.2. The molecule has 2 rings (SSSR count). The van der Waals surface area contributed by atoms with E-state index in [0.717, 1.165) is 17.2 Å². The molecule has 0 aliphatic heterocycles. The van der Waals surface area contributed by atoms with E-state index in [1.807, 2.05) is 12.1 Å². The highest BCUT2D eigenvalue weighted by Gasteiger charge is 1.95. The van der Waals surface area contributed by atoms with E-state index in [-0.39, 0.29) is 0 Å². The van der Waals surface area contributed by atoms with E-state index in [2.05, 4.69) is 34.2 Å². The fourth-order valence-corrected chi connectivity index (χ4v) is 2.11. The highest BCUT2D eigenvalue weighted by molar-refractivity contribution is 7.99. The maximum Gasteiger partial charge on any atom is 0.116 e. The van der Waals surface area contributed by atoms with Crippen LogP contribution in [0.2, 0.25) is 0 Å². The molecule has 1 aromatic heterocycles. The average Bonchev–Trinajstić information content (AvgIpc) is 2.32. The van der Waals surface area contributed by atoms with Crippen LogP contribution < -0.4 is 0 Å². The van der Waals surface area contributed by atoms with E-state index >= 15 is 0 Å². The smallest absolute Gasteiger partial charge is 0.116 e. The summed E-state index contributed by atoms with van der Waals surface area (Å²) < 4.78 is 0. The summed E-state index contributed by atoms with van der Waals surface area (Å²) in [4.78, 5) is 8.05. The molecular formula is C12H12N2S. The second kappa shape index (κ2) is 5.51. The van der Waals surface area contributed by atoms with Gasteiger partial charge in [0.15, 0.2) is 0 Å². The van der Waals surface area contributed by atoms with Gasteiger partial charge in [-0.25, -0.2) is 9.97 Å². The van der Waals surface area contributed by atoms with Crippen molar-refractivity contribution in [1.82, 2.24) is 9.97 Å². The molecule has 0 unspecified atom stereocenters. The van der Waals surface area contributed by atoms with Gasteiger partial charge in [0.25, 0.3) is 0 Å². The SMILES string of the molecule is c1ccc(CCSc2ccncn2)cc1. The van der Waals surface area contributed by atoms with Crippen molar-refractivity contribution in [2.24, 2.45) is 0 Å². The summed E-state index contributed by atoms with van der Waals surface area (Å²) in [5.41, 5.74) is 1.37. The van der Waals surface area contributed by atoms with Crippen molar-refractivity contribution in [1.29, 1.82) is 0 Å². The lowest BCUT2D eigenvalue weighted by molar-refractivity contribution is 1.04. The zero-order valence-corrected chi connectivity index (χ0v) is 9.15. The van der Waals surface area contributed by atoms with Crippen LogP contribution in [0.3, 0.4) is 0 Å². The van der Waals surface area contributed by atoms with Gasteiger partial charge < -0.3 is 0 Å². The first-order valence-electron chi connectivity index (χ1n) is 4.88. The number of rotatable bonds is 4. The van der Waals surface area contributed by atoms with Crippen molar-refractivity contribution in [2.45, 2.75) is 11.4 Å². The Labute approximate surface area is 93.8 Å². The van der Waals surface area contributed by atoms with Gasteiger partial charge in [0, 0.05) is 11.9 Å². The number of thioether (sulfide) groups is 1. The Morgan fingerprint density at radius 1 is 1.07 bits per heavy atom. The number of aromatic nitrogens is 2. The van der Waals surface area contributed by atoms with Crippen molar-refractivity contribution in [2.75, 3.05) is 5.75 Å². The van der Waals surface area contributed by atoms with Gasteiger partial charge in [-0.05, 0) is 18.1 Å². The van der Waals surface area contributed by atoms with Crippen molar-refractivity contribution in [3.63, 3.8) is 0 Å². The molecular weight excluding hydrogens is 204 g/mol. The van der Waals surface area contributed by atoms with Gasteiger partial charge in [0.2, 0.25) is 0 Å². The highest BCUT2D eigenvalue weighted by Crippen LogP contribution is 2.15. The van der Waals surface area contributed by atoms with Gasteiger partial charge in [0.05, 0.1) is 5.03 Å². The molecule has 2 nitrogen and oxygen atoms in total. The third-order valence-electron chi connectivity index (χ3n) is 2.04. The zero-order chi connectivity index (χ0) is 10.3. The van der Waals surface area contributed by atoms with Crippen LogP contribution in [0.15, 0.2) is 53.9 Å². The van der Waals surface area contributed by atoms with Crippen LogP contribution in [0.25, 0.3) is 0 Å². The summed E-state index contributed by atoms with van der Waals surface area (Å²) in [5, 5.41) is 1.04. The van der Waals surface area contributed by atoms with Crippen LogP contribution >= 0.6 is 11.8 Å². The molecule has 2 aromatic rings. The van der Waals surface area contributed by atoms with Crippen LogP contribution in [0.1, 0.15) is 5.56 Å². The predicted molar refractivity (Wildman–Crippen MR) is 62.9 cm³/mol. The number of benzene rings is 1. The van der Waals surface area contributed by atoms with E-state index in [9.17, 15) is 0 Å². The average molecular weight is 216 g/mol. The molecule has 76 valence electrons. The Kier molecular flexibility index (Phi) is 3.74. The van der Waals surface area contributed by atoms with Crippen molar-refractivity contribution in [3.05, 3.63) is 54.5 Å². The predicted octanol–water partition coefficient (Wildman–Crippen LogP) is 2.81. The summed E-state index contributed by atoms with van der Waals surface area (Å²) in [6, 6.07) is 12.4. The molecule has 0 saturated heterocycles. The highest BCUT2D eigenvalue weighted by atomic mass is 32.2. The minimum absolute atomic E-state index is 1.04. The minimum Gasteiger partial charge on any atom is -0.245 e. The summed E-state index contributed by atoms with van der Waals surface area (Å²) in [5.74, 6) is 1.06. The Morgan fingerprint density at radius 2 is 1.93 bits per heavy atom.